The number of nitrogens with zero attached hydrogens (tertiary/aromatic N) is 2. The fourth-order valence-corrected chi connectivity index (χ4v) is 2.75. The van der Waals surface area contributed by atoms with Gasteiger partial charge in [-0.1, -0.05) is 0 Å². The van der Waals surface area contributed by atoms with Gasteiger partial charge in [-0.25, -0.2) is 0 Å². The minimum atomic E-state index is 0.597. The number of likely N-dealkylation sites (tertiary alicyclic amines) is 1. The van der Waals surface area contributed by atoms with Gasteiger partial charge in [-0.15, -0.1) is 0 Å². The number of rotatable bonds is 3. The van der Waals surface area contributed by atoms with E-state index in [-0.39, 0.29) is 0 Å². The average molecular weight is 282 g/mol. The second-order valence-electron chi connectivity index (χ2n) is 4.71. The van der Waals surface area contributed by atoms with Crippen molar-refractivity contribution in [1.82, 2.24) is 9.88 Å². The van der Waals surface area contributed by atoms with Crippen LogP contribution >= 0.6 is 15.9 Å². The molecule has 1 saturated heterocycles. The number of nitrogens with one attached hydrogen (secondary N) is 1. The Labute approximate surface area is 104 Å². The normalized spacial score (nSPS) is 25.9. The lowest BCUT2D eigenvalue weighted by atomic mass is 10.2. The fraction of sp³-hybridized carbons (Fsp3) is 0.583. The summed E-state index contributed by atoms with van der Waals surface area (Å²) in [5, 5.41) is 3.59. The first-order valence-electron chi connectivity index (χ1n) is 5.93. The molecule has 1 saturated carbocycles. The lowest BCUT2D eigenvalue weighted by molar-refractivity contribution is 0.326. The van der Waals surface area contributed by atoms with Crippen LogP contribution in [-0.4, -0.2) is 35.1 Å². The van der Waals surface area contributed by atoms with E-state index in [1.54, 1.807) is 0 Å². The number of aromatic nitrogens is 1. The van der Waals surface area contributed by atoms with Gasteiger partial charge >= 0.3 is 0 Å². The molecule has 0 amide bonds. The highest BCUT2D eigenvalue weighted by Crippen LogP contribution is 2.31. The second kappa shape index (κ2) is 4.34. The highest BCUT2D eigenvalue weighted by atomic mass is 79.9. The Morgan fingerprint density at radius 1 is 1.38 bits per heavy atom. The number of halogens is 1. The van der Waals surface area contributed by atoms with Gasteiger partial charge in [0, 0.05) is 37.6 Å². The molecule has 1 aliphatic carbocycles. The molecule has 0 bridgehead atoms. The van der Waals surface area contributed by atoms with E-state index < -0.39 is 0 Å². The number of hydrogen-bond acceptors (Lipinski definition) is 3. The first-order valence-corrected chi connectivity index (χ1v) is 6.72. The molecular weight excluding hydrogens is 266 g/mol. The van der Waals surface area contributed by atoms with Crippen LogP contribution in [0, 0.1) is 0 Å². The van der Waals surface area contributed by atoms with Crippen LogP contribution < -0.4 is 5.32 Å². The summed E-state index contributed by atoms with van der Waals surface area (Å²) in [4.78, 5) is 6.69. The largest absolute Gasteiger partial charge is 0.380 e. The summed E-state index contributed by atoms with van der Waals surface area (Å²) >= 11 is 3.52. The molecule has 1 aromatic heterocycles. The summed E-state index contributed by atoms with van der Waals surface area (Å²) in [5.41, 5.74) is 1.16. The van der Waals surface area contributed by atoms with Gasteiger partial charge in [0.1, 0.15) is 0 Å². The van der Waals surface area contributed by atoms with Gasteiger partial charge in [-0.3, -0.25) is 9.88 Å². The molecule has 2 fully saturated rings. The highest BCUT2D eigenvalue weighted by molar-refractivity contribution is 9.10. The Morgan fingerprint density at radius 2 is 2.25 bits per heavy atom. The van der Waals surface area contributed by atoms with Crippen LogP contribution in [0.25, 0.3) is 0 Å². The smallest absolute Gasteiger partial charge is 0.0590 e. The van der Waals surface area contributed by atoms with E-state index in [4.69, 9.17) is 0 Å². The monoisotopic (exact) mass is 281 g/mol. The van der Waals surface area contributed by atoms with Gasteiger partial charge in [0.25, 0.3) is 0 Å². The minimum absolute atomic E-state index is 0.597. The van der Waals surface area contributed by atoms with Crippen LogP contribution in [0.1, 0.15) is 19.3 Å². The summed E-state index contributed by atoms with van der Waals surface area (Å²) in [6.45, 7) is 2.45. The lowest BCUT2D eigenvalue weighted by Crippen LogP contribution is -2.27. The van der Waals surface area contributed by atoms with Gasteiger partial charge in [-0.2, -0.15) is 0 Å². The summed E-state index contributed by atoms with van der Waals surface area (Å²) < 4.78 is 1.06. The van der Waals surface area contributed by atoms with Crippen molar-refractivity contribution in [2.24, 2.45) is 0 Å². The van der Waals surface area contributed by atoms with Crippen LogP contribution in [0.3, 0.4) is 0 Å². The Hall–Kier alpha value is -0.610. The molecule has 2 aliphatic rings. The lowest BCUT2D eigenvalue weighted by Gasteiger charge is -2.17. The number of hydrogen-bond donors (Lipinski definition) is 1. The Morgan fingerprint density at radius 3 is 3.00 bits per heavy atom. The van der Waals surface area contributed by atoms with Crippen LogP contribution in [-0.2, 0) is 0 Å². The topological polar surface area (TPSA) is 28.2 Å². The summed E-state index contributed by atoms with van der Waals surface area (Å²) in [5.74, 6) is 0. The maximum absolute atomic E-state index is 4.08. The van der Waals surface area contributed by atoms with Crippen LogP contribution in [0.15, 0.2) is 22.9 Å². The Kier molecular flexibility index (Phi) is 2.86. The van der Waals surface area contributed by atoms with Crippen molar-refractivity contribution in [2.45, 2.75) is 31.3 Å². The van der Waals surface area contributed by atoms with Gasteiger partial charge in [0.15, 0.2) is 0 Å². The van der Waals surface area contributed by atoms with Crippen molar-refractivity contribution in [3.05, 3.63) is 22.9 Å². The van der Waals surface area contributed by atoms with Crippen molar-refractivity contribution in [3.8, 4) is 0 Å². The molecule has 0 radical (unpaired) electrons. The summed E-state index contributed by atoms with van der Waals surface area (Å²) in [6.07, 6.45) is 7.75. The molecular formula is C12H16BrN3. The fourth-order valence-electron chi connectivity index (χ4n) is 2.39. The van der Waals surface area contributed by atoms with E-state index in [9.17, 15) is 0 Å². The number of anilines is 1. The highest BCUT2D eigenvalue weighted by Gasteiger charge is 2.34. The van der Waals surface area contributed by atoms with Crippen molar-refractivity contribution in [3.63, 3.8) is 0 Å². The molecule has 4 heteroatoms. The second-order valence-corrected chi connectivity index (χ2v) is 5.57. The van der Waals surface area contributed by atoms with Crippen molar-refractivity contribution in [2.75, 3.05) is 18.4 Å². The molecule has 1 atom stereocenters. The van der Waals surface area contributed by atoms with E-state index in [0.717, 1.165) is 16.2 Å². The molecule has 2 heterocycles. The van der Waals surface area contributed by atoms with E-state index >= 15 is 0 Å². The van der Waals surface area contributed by atoms with Gasteiger partial charge in [0.2, 0.25) is 0 Å². The molecule has 0 aromatic carbocycles. The molecule has 86 valence electrons. The van der Waals surface area contributed by atoms with Crippen LogP contribution in [0.4, 0.5) is 5.69 Å². The standard InChI is InChI=1S/C12H16BrN3/c13-11-7-14-5-3-12(11)15-9-4-6-16(8-9)10-1-2-10/h3,5,7,9-10H,1-2,4,6,8H2,(H,14,15). The van der Waals surface area contributed by atoms with Gasteiger partial charge < -0.3 is 5.32 Å². The van der Waals surface area contributed by atoms with Crippen molar-refractivity contribution < 1.29 is 0 Å². The average Bonchev–Trinajstić information content (AvgIpc) is 3.03. The third-order valence-electron chi connectivity index (χ3n) is 3.42. The quantitative estimate of drug-likeness (QED) is 0.923. The zero-order valence-corrected chi connectivity index (χ0v) is 10.8. The molecule has 0 spiro atoms. The maximum atomic E-state index is 4.08. The third kappa shape index (κ3) is 2.23. The van der Waals surface area contributed by atoms with E-state index in [0.29, 0.717) is 6.04 Å². The Balaban J connectivity index is 1.61. The van der Waals surface area contributed by atoms with Crippen molar-refractivity contribution >= 4 is 21.6 Å². The van der Waals surface area contributed by atoms with Crippen molar-refractivity contribution in [1.29, 1.82) is 0 Å². The zero-order chi connectivity index (χ0) is 11.0. The maximum Gasteiger partial charge on any atom is 0.0590 e. The first-order chi connectivity index (χ1) is 7.83. The minimum Gasteiger partial charge on any atom is -0.380 e. The first kappa shape index (κ1) is 10.5. The zero-order valence-electron chi connectivity index (χ0n) is 9.19. The van der Waals surface area contributed by atoms with E-state index in [1.807, 2.05) is 18.5 Å². The molecule has 3 rings (SSSR count). The molecule has 3 nitrogen and oxygen atoms in total. The Bertz CT molecular complexity index is 378. The van der Waals surface area contributed by atoms with Gasteiger partial charge in [-0.05, 0) is 41.3 Å². The van der Waals surface area contributed by atoms with E-state index in [2.05, 4.69) is 31.1 Å². The van der Waals surface area contributed by atoms with E-state index in [1.165, 1.54) is 32.4 Å². The molecule has 1 unspecified atom stereocenters. The summed E-state index contributed by atoms with van der Waals surface area (Å²) in [7, 11) is 0. The third-order valence-corrected chi connectivity index (χ3v) is 4.05. The molecule has 16 heavy (non-hydrogen) atoms. The molecule has 1 aromatic rings. The van der Waals surface area contributed by atoms with Crippen LogP contribution in [0.2, 0.25) is 0 Å². The molecule has 1 N–H and O–H groups in total. The summed E-state index contributed by atoms with van der Waals surface area (Å²) in [6, 6.07) is 3.52. The predicted octanol–water partition coefficient (Wildman–Crippen LogP) is 2.49. The predicted molar refractivity (Wildman–Crippen MR) is 68.6 cm³/mol. The molecule has 1 aliphatic heterocycles. The SMILES string of the molecule is Brc1cnccc1NC1CCN(C2CC2)C1. The number of pyridine rings is 1. The van der Waals surface area contributed by atoms with Gasteiger partial charge in [0.05, 0.1) is 10.2 Å². The van der Waals surface area contributed by atoms with Crippen LogP contribution in [0.5, 0.6) is 0 Å².